The van der Waals surface area contributed by atoms with Crippen LogP contribution in [0, 0.1) is 20.8 Å². The molecule has 1 aromatic carbocycles. The number of benzene rings is 1. The number of nitrogens with one attached hydrogen (secondary N) is 1. The second-order valence-electron chi connectivity index (χ2n) is 6.34. The minimum atomic E-state index is -0.268. The first-order valence-electron chi connectivity index (χ1n) is 8.46. The topological polar surface area (TPSA) is 108 Å². The van der Waals surface area contributed by atoms with Crippen molar-refractivity contribution in [3.63, 3.8) is 0 Å². The average Bonchev–Trinajstić information content (AvgIpc) is 2.98. The zero-order chi connectivity index (χ0) is 18.8. The van der Waals surface area contributed by atoms with Crippen LogP contribution in [0.3, 0.4) is 0 Å². The highest BCUT2D eigenvalue weighted by atomic mass is 16.2. The molecule has 2 heterocycles. The SMILES string of the molecule is Cc1ccc(-n2nc3c(=O)n(CCCC(=O)NN)nc(C)c3c2C)cc1. The Morgan fingerprint density at radius 1 is 1.15 bits per heavy atom. The third-order valence-electron chi connectivity index (χ3n) is 4.40. The van der Waals surface area contributed by atoms with Gasteiger partial charge < -0.3 is 0 Å². The van der Waals surface area contributed by atoms with Crippen LogP contribution in [0.25, 0.3) is 16.6 Å². The number of hydrazine groups is 1. The molecule has 2 aromatic heterocycles. The second kappa shape index (κ2) is 7.09. The van der Waals surface area contributed by atoms with Crippen molar-refractivity contribution < 1.29 is 4.79 Å². The number of carbonyl (C=O) groups excluding carboxylic acids is 1. The first kappa shape index (κ1) is 17.8. The van der Waals surface area contributed by atoms with Gasteiger partial charge in [0.1, 0.15) is 0 Å². The first-order chi connectivity index (χ1) is 12.4. The number of aromatic nitrogens is 4. The van der Waals surface area contributed by atoms with Gasteiger partial charge in [0.15, 0.2) is 5.52 Å². The van der Waals surface area contributed by atoms with E-state index in [0.29, 0.717) is 18.5 Å². The maximum absolute atomic E-state index is 12.8. The van der Waals surface area contributed by atoms with Crippen LogP contribution in [0.2, 0.25) is 0 Å². The number of nitrogens with zero attached hydrogens (tertiary/aromatic N) is 4. The molecule has 8 nitrogen and oxygen atoms in total. The summed E-state index contributed by atoms with van der Waals surface area (Å²) in [4.78, 5) is 24.0. The molecule has 26 heavy (non-hydrogen) atoms. The predicted molar refractivity (Wildman–Crippen MR) is 98.9 cm³/mol. The number of fused-ring (bicyclic) bond motifs is 1. The molecule has 0 atom stereocenters. The molecule has 3 rings (SSSR count). The maximum atomic E-state index is 12.8. The zero-order valence-electron chi connectivity index (χ0n) is 15.1. The fourth-order valence-electron chi connectivity index (χ4n) is 3.03. The predicted octanol–water partition coefficient (Wildman–Crippen LogP) is 1.28. The Morgan fingerprint density at radius 2 is 1.85 bits per heavy atom. The quantitative estimate of drug-likeness (QED) is 0.408. The third-order valence-corrected chi connectivity index (χ3v) is 4.40. The van der Waals surface area contributed by atoms with Crippen molar-refractivity contribution in [3.8, 4) is 5.69 Å². The standard InChI is InChI=1S/C18H22N6O2/c1-11-6-8-14(9-7-11)24-13(3)16-12(2)21-23(18(26)17(16)22-24)10-4-5-15(25)20-19/h6-9H,4-5,10,19H2,1-3H3,(H,20,25). The van der Waals surface area contributed by atoms with Crippen LogP contribution >= 0.6 is 0 Å². The van der Waals surface area contributed by atoms with Gasteiger partial charge in [-0.25, -0.2) is 15.2 Å². The number of amides is 1. The summed E-state index contributed by atoms with van der Waals surface area (Å²) < 4.78 is 3.14. The van der Waals surface area contributed by atoms with Crippen molar-refractivity contribution in [2.75, 3.05) is 0 Å². The van der Waals surface area contributed by atoms with Crippen molar-refractivity contribution >= 4 is 16.8 Å². The number of rotatable bonds is 5. The fourth-order valence-corrected chi connectivity index (χ4v) is 3.03. The molecule has 0 aliphatic heterocycles. The van der Waals surface area contributed by atoms with Crippen LogP contribution in [0.15, 0.2) is 29.1 Å². The van der Waals surface area contributed by atoms with Crippen LogP contribution < -0.4 is 16.8 Å². The Bertz CT molecular complexity index is 1020. The lowest BCUT2D eigenvalue weighted by Gasteiger charge is -2.06. The summed E-state index contributed by atoms with van der Waals surface area (Å²) >= 11 is 0. The molecule has 1 amide bonds. The highest BCUT2D eigenvalue weighted by Gasteiger charge is 2.17. The highest BCUT2D eigenvalue weighted by Crippen LogP contribution is 2.21. The molecule has 3 N–H and O–H groups in total. The minimum absolute atomic E-state index is 0.235. The molecular weight excluding hydrogens is 332 g/mol. The zero-order valence-corrected chi connectivity index (χ0v) is 15.1. The van der Waals surface area contributed by atoms with E-state index in [9.17, 15) is 9.59 Å². The molecule has 0 saturated heterocycles. The summed E-state index contributed by atoms with van der Waals surface area (Å²) in [6.45, 7) is 6.14. The third kappa shape index (κ3) is 3.23. The van der Waals surface area contributed by atoms with Gasteiger partial charge in [0.05, 0.1) is 22.5 Å². The average molecular weight is 354 g/mol. The first-order valence-corrected chi connectivity index (χ1v) is 8.46. The van der Waals surface area contributed by atoms with E-state index in [1.54, 1.807) is 4.68 Å². The largest absolute Gasteiger partial charge is 0.295 e. The van der Waals surface area contributed by atoms with E-state index < -0.39 is 0 Å². The van der Waals surface area contributed by atoms with Gasteiger partial charge in [-0.1, -0.05) is 17.7 Å². The van der Waals surface area contributed by atoms with E-state index in [1.807, 2.05) is 45.0 Å². The van der Waals surface area contributed by atoms with Crippen molar-refractivity contribution in [3.05, 3.63) is 51.6 Å². The van der Waals surface area contributed by atoms with Crippen LogP contribution in [-0.2, 0) is 11.3 Å². The number of aryl methyl sites for hydroxylation is 4. The maximum Gasteiger partial charge on any atom is 0.295 e. The minimum Gasteiger partial charge on any atom is -0.294 e. The lowest BCUT2D eigenvalue weighted by molar-refractivity contribution is -0.121. The molecule has 0 aliphatic rings. The summed E-state index contributed by atoms with van der Waals surface area (Å²) in [6.07, 6.45) is 0.705. The van der Waals surface area contributed by atoms with E-state index in [-0.39, 0.29) is 17.9 Å². The molecule has 136 valence electrons. The van der Waals surface area contributed by atoms with Gasteiger partial charge in [-0.2, -0.15) is 10.2 Å². The summed E-state index contributed by atoms with van der Waals surface area (Å²) in [5.74, 6) is 4.80. The van der Waals surface area contributed by atoms with Gasteiger partial charge in [0.25, 0.3) is 5.56 Å². The fraction of sp³-hybridized carbons (Fsp3) is 0.333. The van der Waals surface area contributed by atoms with Crippen molar-refractivity contribution in [2.45, 2.75) is 40.2 Å². The summed E-state index contributed by atoms with van der Waals surface area (Å²) in [6, 6.07) is 7.96. The summed E-state index contributed by atoms with van der Waals surface area (Å²) in [7, 11) is 0. The Labute approximate surface area is 150 Å². The molecule has 3 aromatic rings. The Hall–Kier alpha value is -3.00. The second-order valence-corrected chi connectivity index (χ2v) is 6.34. The Kier molecular flexibility index (Phi) is 4.85. The van der Waals surface area contributed by atoms with E-state index in [4.69, 9.17) is 5.84 Å². The molecule has 0 fully saturated rings. The van der Waals surface area contributed by atoms with Crippen LogP contribution in [0.4, 0.5) is 0 Å². The van der Waals surface area contributed by atoms with Gasteiger partial charge in [0, 0.05) is 13.0 Å². The molecule has 0 saturated carbocycles. The van der Waals surface area contributed by atoms with Gasteiger partial charge in [-0.3, -0.25) is 15.0 Å². The monoisotopic (exact) mass is 354 g/mol. The van der Waals surface area contributed by atoms with Crippen molar-refractivity contribution in [1.29, 1.82) is 0 Å². The smallest absolute Gasteiger partial charge is 0.294 e. The van der Waals surface area contributed by atoms with Gasteiger partial charge in [0.2, 0.25) is 5.91 Å². The molecule has 0 spiro atoms. The van der Waals surface area contributed by atoms with Gasteiger partial charge in [-0.15, -0.1) is 0 Å². The van der Waals surface area contributed by atoms with Crippen LogP contribution in [0.1, 0.15) is 29.8 Å². The van der Waals surface area contributed by atoms with Gasteiger partial charge >= 0.3 is 0 Å². The molecule has 0 aliphatic carbocycles. The summed E-state index contributed by atoms with van der Waals surface area (Å²) in [5.41, 5.74) is 5.87. The lowest BCUT2D eigenvalue weighted by Crippen LogP contribution is -2.30. The van der Waals surface area contributed by atoms with E-state index in [1.165, 1.54) is 4.68 Å². The van der Waals surface area contributed by atoms with E-state index in [2.05, 4.69) is 15.6 Å². The Balaban J connectivity index is 2.02. The number of hydrogen-bond acceptors (Lipinski definition) is 5. The molecule has 0 unspecified atom stereocenters. The molecule has 8 heteroatoms. The van der Waals surface area contributed by atoms with Gasteiger partial charge in [-0.05, 0) is 39.3 Å². The van der Waals surface area contributed by atoms with Crippen LogP contribution in [0.5, 0.6) is 0 Å². The van der Waals surface area contributed by atoms with Crippen molar-refractivity contribution in [1.82, 2.24) is 25.0 Å². The summed E-state index contributed by atoms with van der Waals surface area (Å²) in [5, 5.41) is 9.70. The van der Waals surface area contributed by atoms with Crippen LogP contribution in [-0.4, -0.2) is 25.5 Å². The highest BCUT2D eigenvalue weighted by molar-refractivity contribution is 5.83. The van der Waals surface area contributed by atoms with E-state index in [0.717, 1.165) is 28.0 Å². The lowest BCUT2D eigenvalue weighted by atomic mass is 10.2. The molecular formula is C18H22N6O2. The normalized spacial score (nSPS) is 11.1. The molecule has 0 radical (unpaired) electrons. The number of carbonyl (C=O) groups is 1. The van der Waals surface area contributed by atoms with E-state index >= 15 is 0 Å². The van der Waals surface area contributed by atoms with Crippen molar-refractivity contribution in [2.24, 2.45) is 5.84 Å². The molecule has 0 bridgehead atoms. The Morgan fingerprint density at radius 3 is 2.50 bits per heavy atom. The number of hydrogen-bond donors (Lipinski definition) is 2. The number of nitrogens with two attached hydrogens (primary N) is 1.